The molecule has 8 nitrogen and oxygen atoms in total. The van der Waals surface area contributed by atoms with Crippen LogP contribution in [-0.4, -0.2) is 70.4 Å². The van der Waals surface area contributed by atoms with Crippen LogP contribution >= 0.6 is 0 Å². The van der Waals surface area contributed by atoms with Gasteiger partial charge in [-0.3, -0.25) is 9.20 Å². The highest BCUT2D eigenvalue weighted by molar-refractivity contribution is 6.05. The van der Waals surface area contributed by atoms with Gasteiger partial charge in [-0.25, -0.2) is 9.97 Å². The maximum Gasteiger partial charge on any atom is 0.254 e. The van der Waals surface area contributed by atoms with Gasteiger partial charge >= 0.3 is 0 Å². The van der Waals surface area contributed by atoms with E-state index in [0.29, 0.717) is 11.2 Å². The fourth-order valence-corrected chi connectivity index (χ4v) is 4.00. The number of pyridine rings is 1. The number of fused-ring (bicyclic) bond motifs is 5. The second kappa shape index (κ2) is 6.97. The number of hydrogen-bond acceptors (Lipinski definition) is 6. The molecule has 3 aromatic heterocycles. The van der Waals surface area contributed by atoms with Gasteiger partial charge in [0.2, 0.25) is 5.95 Å². The summed E-state index contributed by atoms with van der Waals surface area (Å²) >= 11 is 0. The number of carbonyl (C=O) groups is 1. The Hall–Kier alpha value is -3.26. The molecule has 1 amide bonds. The first-order chi connectivity index (χ1) is 14.2. The molecule has 148 valence electrons. The van der Waals surface area contributed by atoms with E-state index in [1.54, 1.807) is 7.05 Å². The lowest BCUT2D eigenvalue weighted by molar-refractivity contribution is 0.0964. The molecular weight excluding hydrogens is 366 g/mol. The second-order valence-corrected chi connectivity index (χ2v) is 7.49. The van der Waals surface area contributed by atoms with Crippen molar-refractivity contribution in [2.75, 3.05) is 45.2 Å². The van der Waals surface area contributed by atoms with Gasteiger partial charge in [-0.2, -0.15) is 4.98 Å². The van der Waals surface area contributed by atoms with Crippen molar-refractivity contribution < 1.29 is 4.79 Å². The molecule has 1 aliphatic rings. The molecule has 1 fully saturated rings. The van der Waals surface area contributed by atoms with Crippen LogP contribution in [0.25, 0.3) is 27.7 Å². The topological polar surface area (TPSA) is 78.7 Å². The first-order valence-corrected chi connectivity index (χ1v) is 9.88. The third kappa shape index (κ3) is 2.96. The Morgan fingerprint density at radius 2 is 1.93 bits per heavy atom. The summed E-state index contributed by atoms with van der Waals surface area (Å²) < 4.78 is 1.98. The summed E-state index contributed by atoms with van der Waals surface area (Å²) in [7, 11) is 3.77. The Kier molecular flexibility index (Phi) is 4.28. The molecule has 0 bridgehead atoms. The van der Waals surface area contributed by atoms with Gasteiger partial charge in [0.15, 0.2) is 11.3 Å². The number of amides is 1. The molecule has 5 rings (SSSR count). The van der Waals surface area contributed by atoms with Crippen LogP contribution in [0.2, 0.25) is 0 Å². The fourth-order valence-electron chi connectivity index (χ4n) is 4.00. The Bertz CT molecular complexity index is 1230. The van der Waals surface area contributed by atoms with Crippen molar-refractivity contribution in [3.05, 3.63) is 42.1 Å². The van der Waals surface area contributed by atoms with Gasteiger partial charge in [0, 0.05) is 38.3 Å². The van der Waals surface area contributed by atoms with E-state index in [4.69, 9.17) is 9.97 Å². The lowest BCUT2D eigenvalue weighted by Gasteiger charge is -2.20. The number of hydrogen-bond donors (Lipinski definition) is 1. The smallest absolute Gasteiger partial charge is 0.254 e. The summed E-state index contributed by atoms with van der Waals surface area (Å²) in [6.45, 7) is 3.89. The van der Waals surface area contributed by atoms with Crippen molar-refractivity contribution in [2.24, 2.45) is 0 Å². The summed E-state index contributed by atoms with van der Waals surface area (Å²) in [5.41, 5.74) is 3.66. The van der Waals surface area contributed by atoms with Gasteiger partial charge in [-0.1, -0.05) is 12.1 Å². The number of rotatable bonds is 2. The van der Waals surface area contributed by atoms with Crippen LogP contribution in [0.1, 0.15) is 16.8 Å². The quantitative estimate of drug-likeness (QED) is 0.564. The summed E-state index contributed by atoms with van der Waals surface area (Å²) in [6, 6.07) is 9.71. The Morgan fingerprint density at radius 3 is 2.79 bits per heavy atom. The zero-order valence-electron chi connectivity index (χ0n) is 16.6. The normalized spacial score (nSPS) is 15.9. The van der Waals surface area contributed by atoms with E-state index in [1.165, 1.54) is 0 Å². The molecule has 1 aliphatic heterocycles. The van der Waals surface area contributed by atoms with Crippen LogP contribution in [-0.2, 0) is 0 Å². The highest BCUT2D eigenvalue weighted by Gasteiger charge is 2.20. The Labute approximate surface area is 168 Å². The van der Waals surface area contributed by atoms with E-state index in [2.05, 4.69) is 27.1 Å². The minimum absolute atomic E-state index is 0.174. The number of carbonyl (C=O) groups excluding carboxylic acids is 1. The molecule has 0 unspecified atom stereocenters. The average molecular weight is 389 g/mol. The van der Waals surface area contributed by atoms with Crippen molar-refractivity contribution in [3.8, 4) is 0 Å². The number of anilines is 1. The number of nitrogens with one attached hydrogen (secondary N) is 1. The van der Waals surface area contributed by atoms with Crippen LogP contribution in [0, 0.1) is 0 Å². The van der Waals surface area contributed by atoms with Crippen LogP contribution < -0.4 is 10.2 Å². The number of imidazole rings is 1. The second-order valence-electron chi connectivity index (χ2n) is 7.49. The standard InChI is InChI=1S/C21H23N7O/c1-22-20(29)15-12-14-13-23-21(27-9-5-8-26(2)10-11-27)25-18(14)28-17-7-4-3-6-16(17)24-19(15)28/h3-4,6-7,12-13H,5,8-11H2,1-2H3,(H,22,29). The van der Waals surface area contributed by atoms with Gasteiger partial charge < -0.3 is 15.1 Å². The van der Waals surface area contributed by atoms with Crippen LogP contribution in [0.15, 0.2) is 36.5 Å². The molecule has 1 saturated heterocycles. The maximum absolute atomic E-state index is 12.5. The molecule has 8 heteroatoms. The van der Waals surface area contributed by atoms with Crippen molar-refractivity contribution in [2.45, 2.75) is 6.42 Å². The molecule has 4 heterocycles. The Balaban J connectivity index is 1.76. The number of para-hydroxylation sites is 2. The first kappa shape index (κ1) is 17.8. The predicted molar refractivity (Wildman–Crippen MR) is 114 cm³/mol. The van der Waals surface area contributed by atoms with E-state index < -0.39 is 0 Å². The SMILES string of the molecule is CNC(=O)c1cc2cnc(N3CCCN(C)CC3)nc2n2c1nc1ccccc12. The average Bonchev–Trinajstić information content (AvgIpc) is 3.01. The van der Waals surface area contributed by atoms with E-state index in [1.807, 2.05) is 40.9 Å². The fraction of sp³-hybridized carbons (Fsp3) is 0.333. The van der Waals surface area contributed by atoms with Crippen molar-refractivity contribution >= 4 is 39.6 Å². The monoisotopic (exact) mass is 389 g/mol. The molecule has 0 atom stereocenters. The van der Waals surface area contributed by atoms with E-state index in [9.17, 15) is 4.79 Å². The van der Waals surface area contributed by atoms with Crippen molar-refractivity contribution in [1.29, 1.82) is 0 Å². The van der Waals surface area contributed by atoms with Gasteiger partial charge in [-0.15, -0.1) is 0 Å². The number of nitrogens with zero attached hydrogens (tertiary/aromatic N) is 6. The molecule has 0 spiro atoms. The van der Waals surface area contributed by atoms with E-state index >= 15 is 0 Å². The van der Waals surface area contributed by atoms with E-state index in [0.717, 1.165) is 60.6 Å². The largest absolute Gasteiger partial charge is 0.355 e. The van der Waals surface area contributed by atoms with Gasteiger partial charge in [0.05, 0.1) is 16.6 Å². The summed E-state index contributed by atoms with van der Waals surface area (Å²) in [5.74, 6) is 0.548. The highest BCUT2D eigenvalue weighted by atomic mass is 16.1. The maximum atomic E-state index is 12.5. The third-order valence-electron chi connectivity index (χ3n) is 5.57. The van der Waals surface area contributed by atoms with Gasteiger partial charge in [0.1, 0.15) is 0 Å². The minimum atomic E-state index is -0.174. The lowest BCUT2D eigenvalue weighted by Crippen LogP contribution is -2.30. The molecule has 0 saturated carbocycles. The molecule has 29 heavy (non-hydrogen) atoms. The number of aromatic nitrogens is 4. The summed E-state index contributed by atoms with van der Waals surface area (Å²) in [5, 5.41) is 3.53. The minimum Gasteiger partial charge on any atom is -0.355 e. The molecule has 0 aliphatic carbocycles. The first-order valence-electron chi connectivity index (χ1n) is 9.88. The molecule has 4 aromatic rings. The van der Waals surface area contributed by atoms with Crippen LogP contribution in [0.5, 0.6) is 0 Å². The van der Waals surface area contributed by atoms with Gasteiger partial charge in [-0.05, 0) is 38.2 Å². The Morgan fingerprint density at radius 1 is 1.07 bits per heavy atom. The molecule has 1 N–H and O–H groups in total. The summed E-state index contributed by atoms with van der Waals surface area (Å²) in [6.07, 6.45) is 2.89. The highest BCUT2D eigenvalue weighted by Crippen LogP contribution is 2.26. The zero-order chi connectivity index (χ0) is 20.0. The van der Waals surface area contributed by atoms with Crippen molar-refractivity contribution in [3.63, 3.8) is 0 Å². The van der Waals surface area contributed by atoms with Gasteiger partial charge in [0.25, 0.3) is 5.91 Å². The van der Waals surface area contributed by atoms with Crippen molar-refractivity contribution in [1.82, 2.24) is 29.6 Å². The van der Waals surface area contributed by atoms with Crippen LogP contribution in [0.3, 0.4) is 0 Å². The third-order valence-corrected chi connectivity index (χ3v) is 5.57. The van der Waals surface area contributed by atoms with E-state index in [-0.39, 0.29) is 5.91 Å². The lowest BCUT2D eigenvalue weighted by atomic mass is 10.2. The zero-order valence-corrected chi connectivity index (χ0v) is 16.6. The van der Waals surface area contributed by atoms with Crippen LogP contribution in [0.4, 0.5) is 5.95 Å². The molecular formula is C21H23N7O. The number of likely N-dealkylation sites (N-methyl/N-ethyl adjacent to an activating group) is 1. The molecule has 1 aromatic carbocycles. The summed E-state index contributed by atoms with van der Waals surface area (Å²) in [4.78, 5) is 31.4. The number of benzene rings is 1. The predicted octanol–water partition coefficient (Wildman–Crippen LogP) is 1.93. The molecule has 0 radical (unpaired) electrons.